The van der Waals surface area contributed by atoms with Gasteiger partial charge in [-0.1, -0.05) is 36.4 Å². The van der Waals surface area contributed by atoms with Crippen LogP contribution in [0.3, 0.4) is 0 Å². The van der Waals surface area contributed by atoms with E-state index in [4.69, 9.17) is 4.74 Å². The molecule has 1 fully saturated rings. The summed E-state index contributed by atoms with van der Waals surface area (Å²) in [5.74, 6) is 0.775. The molecular formula is C27H30N2O4S. The molecule has 2 aliphatic rings. The molecule has 0 unspecified atom stereocenters. The predicted molar refractivity (Wildman–Crippen MR) is 134 cm³/mol. The standard InChI is InChI=1S/C27H30N2O4S/c1-18-7-4-5-10-26(18)34(31,32)29-14-13-22-25(17-30)28(2)24-12-11-20(16-23(24)27(22)29)19-8-6-9-21(15-19)33-3/h4-12,15-16,22,25,27,30H,13-14,17H2,1-3H3/t22-,25+,27-/m1/s1. The van der Waals surface area contributed by atoms with Crippen molar-refractivity contribution in [2.24, 2.45) is 5.92 Å². The molecule has 1 N–H and O–H groups in total. The Morgan fingerprint density at radius 3 is 2.53 bits per heavy atom. The zero-order valence-electron chi connectivity index (χ0n) is 19.7. The molecular weight excluding hydrogens is 448 g/mol. The molecule has 3 aromatic carbocycles. The van der Waals surface area contributed by atoms with Gasteiger partial charge in [-0.2, -0.15) is 4.31 Å². The fourth-order valence-electron chi connectivity index (χ4n) is 5.64. The first kappa shape index (κ1) is 22.9. The molecule has 2 heterocycles. The van der Waals surface area contributed by atoms with Crippen LogP contribution in [0, 0.1) is 12.8 Å². The zero-order valence-corrected chi connectivity index (χ0v) is 20.5. The van der Waals surface area contributed by atoms with Gasteiger partial charge in [-0.15, -0.1) is 0 Å². The van der Waals surface area contributed by atoms with Crippen molar-refractivity contribution in [2.75, 3.05) is 32.2 Å². The lowest BCUT2D eigenvalue weighted by Gasteiger charge is -2.44. The third-order valence-electron chi connectivity index (χ3n) is 7.39. The highest BCUT2D eigenvalue weighted by molar-refractivity contribution is 7.89. The summed E-state index contributed by atoms with van der Waals surface area (Å²) in [6.45, 7) is 2.24. The van der Waals surface area contributed by atoms with Gasteiger partial charge in [0.1, 0.15) is 5.75 Å². The Morgan fingerprint density at radius 1 is 1.03 bits per heavy atom. The van der Waals surface area contributed by atoms with Gasteiger partial charge < -0.3 is 14.7 Å². The van der Waals surface area contributed by atoms with Crippen molar-refractivity contribution in [1.82, 2.24) is 4.31 Å². The first-order valence-electron chi connectivity index (χ1n) is 11.6. The number of anilines is 1. The molecule has 178 valence electrons. The first-order chi connectivity index (χ1) is 16.4. The fourth-order valence-corrected chi connectivity index (χ4v) is 7.53. The molecule has 3 aromatic rings. The number of aliphatic hydroxyl groups is 1. The summed E-state index contributed by atoms with van der Waals surface area (Å²) >= 11 is 0. The molecule has 6 nitrogen and oxygen atoms in total. The van der Waals surface area contributed by atoms with Crippen molar-refractivity contribution in [3.63, 3.8) is 0 Å². The van der Waals surface area contributed by atoms with E-state index in [0.717, 1.165) is 33.7 Å². The molecule has 0 bridgehead atoms. The van der Waals surface area contributed by atoms with Gasteiger partial charge in [-0.05, 0) is 65.9 Å². The fraction of sp³-hybridized carbons (Fsp3) is 0.333. The van der Waals surface area contributed by atoms with E-state index in [2.05, 4.69) is 11.0 Å². The van der Waals surface area contributed by atoms with Crippen LogP contribution < -0.4 is 9.64 Å². The normalized spacial score (nSPS) is 22.4. The molecule has 5 rings (SSSR count). The number of fused-ring (bicyclic) bond motifs is 3. The van der Waals surface area contributed by atoms with E-state index < -0.39 is 10.0 Å². The Bertz CT molecular complexity index is 1320. The quantitative estimate of drug-likeness (QED) is 0.594. The summed E-state index contributed by atoms with van der Waals surface area (Å²) < 4.78 is 34.8. The van der Waals surface area contributed by atoms with Gasteiger partial charge in [0, 0.05) is 25.2 Å². The lowest BCUT2D eigenvalue weighted by atomic mass is 9.81. The molecule has 0 spiro atoms. The first-order valence-corrected chi connectivity index (χ1v) is 13.0. The highest BCUT2D eigenvalue weighted by Crippen LogP contribution is 2.51. The number of nitrogens with zero attached hydrogens (tertiary/aromatic N) is 2. The summed E-state index contributed by atoms with van der Waals surface area (Å²) in [4.78, 5) is 2.45. The SMILES string of the molecule is COc1cccc(-c2ccc3c(c2)[C@H]2[C@H](CCN2S(=O)(=O)c2ccccc2C)[C@H](CO)N3C)c1. The van der Waals surface area contributed by atoms with E-state index in [9.17, 15) is 13.5 Å². The second-order valence-electron chi connectivity index (χ2n) is 9.14. The maximum Gasteiger partial charge on any atom is 0.243 e. The Hall–Kier alpha value is -2.87. The smallest absolute Gasteiger partial charge is 0.243 e. The Balaban J connectivity index is 1.65. The number of benzene rings is 3. The average molecular weight is 479 g/mol. The number of aliphatic hydroxyl groups excluding tert-OH is 1. The van der Waals surface area contributed by atoms with Crippen LogP contribution in [0.1, 0.15) is 23.6 Å². The minimum Gasteiger partial charge on any atom is -0.497 e. The van der Waals surface area contributed by atoms with Crippen LogP contribution >= 0.6 is 0 Å². The van der Waals surface area contributed by atoms with Crippen molar-refractivity contribution in [2.45, 2.75) is 30.3 Å². The van der Waals surface area contributed by atoms with Crippen LogP contribution in [0.2, 0.25) is 0 Å². The molecule has 0 radical (unpaired) electrons. The highest BCUT2D eigenvalue weighted by Gasteiger charge is 2.50. The summed E-state index contributed by atoms with van der Waals surface area (Å²) in [5, 5.41) is 10.3. The number of hydrogen-bond acceptors (Lipinski definition) is 5. The number of likely N-dealkylation sites (N-methyl/N-ethyl adjacent to an activating group) is 1. The van der Waals surface area contributed by atoms with Crippen molar-refractivity contribution in [1.29, 1.82) is 0 Å². The van der Waals surface area contributed by atoms with Crippen molar-refractivity contribution >= 4 is 15.7 Å². The molecule has 0 aromatic heterocycles. The van der Waals surface area contributed by atoms with Crippen LogP contribution in [-0.4, -0.2) is 51.2 Å². The van der Waals surface area contributed by atoms with Crippen molar-refractivity contribution in [3.8, 4) is 16.9 Å². The van der Waals surface area contributed by atoms with Crippen LogP contribution in [0.15, 0.2) is 71.6 Å². The van der Waals surface area contributed by atoms with Gasteiger partial charge in [0.25, 0.3) is 0 Å². The Labute approximate surface area is 201 Å². The van der Waals surface area contributed by atoms with Gasteiger partial charge in [0.15, 0.2) is 0 Å². The topological polar surface area (TPSA) is 70.1 Å². The lowest BCUT2D eigenvalue weighted by molar-refractivity contribution is 0.193. The molecule has 3 atom stereocenters. The highest BCUT2D eigenvalue weighted by atomic mass is 32.2. The second-order valence-corrected chi connectivity index (χ2v) is 11.0. The molecule has 0 aliphatic carbocycles. The maximum absolute atomic E-state index is 13.9. The van der Waals surface area contributed by atoms with Gasteiger partial charge >= 0.3 is 0 Å². The van der Waals surface area contributed by atoms with E-state index in [1.165, 1.54) is 0 Å². The number of sulfonamides is 1. The van der Waals surface area contributed by atoms with Gasteiger partial charge in [-0.3, -0.25) is 0 Å². The number of hydrogen-bond donors (Lipinski definition) is 1. The molecule has 0 saturated carbocycles. The lowest BCUT2D eigenvalue weighted by Crippen LogP contribution is -2.48. The number of aryl methyl sites for hydroxylation is 1. The van der Waals surface area contributed by atoms with E-state index >= 15 is 0 Å². The van der Waals surface area contributed by atoms with Gasteiger partial charge in [0.2, 0.25) is 10.0 Å². The average Bonchev–Trinajstić information content (AvgIpc) is 3.30. The molecule has 1 saturated heterocycles. The Kier molecular flexibility index (Phi) is 5.88. The second kappa shape index (κ2) is 8.73. The maximum atomic E-state index is 13.9. The van der Waals surface area contributed by atoms with Crippen LogP contribution in [-0.2, 0) is 10.0 Å². The van der Waals surface area contributed by atoms with E-state index in [-0.39, 0.29) is 24.6 Å². The van der Waals surface area contributed by atoms with Crippen LogP contribution in [0.25, 0.3) is 11.1 Å². The summed E-state index contributed by atoms with van der Waals surface area (Å²) in [6.07, 6.45) is 0.703. The zero-order chi connectivity index (χ0) is 24.0. The Morgan fingerprint density at radius 2 is 1.79 bits per heavy atom. The molecule has 34 heavy (non-hydrogen) atoms. The van der Waals surface area contributed by atoms with E-state index in [0.29, 0.717) is 17.9 Å². The monoisotopic (exact) mass is 478 g/mol. The van der Waals surface area contributed by atoms with E-state index in [1.807, 2.05) is 62.5 Å². The van der Waals surface area contributed by atoms with Crippen LogP contribution in [0.5, 0.6) is 5.75 Å². The third kappa shape index (κ3) is 3.59. The minimum absolute atomic E-state index is 0.00172. The summed E-state index contributed by atoms with van der Waals surface area (Å²) in [5.41, 5.74) is 4.69. The molecule has 2 aliphatic heterocycles. The number of ether oxygens (including phenoxy) is 1. The minimum atomic E-state index is -3.71. The van der Waals surface area contributed by atoms with Gasteiger partial charge in [-0.25, -0.2) is 8.42 Å². The summed E-state index contributed by atoms with van der Waals surface area (Å²) in [7, 11) is -0.0746. The predicted octanol–water partition coefficient (Wildman–Crippen LogP) is 4.23. The van der Waals surface area contributed by atoms with Crippen molar-refractivity contribution in [3.05, 3.63) is 77.9 Å². The van der Waals surface area contributed by atoms with Crippen LogP contribution in [0.4, 0.5) is 5.69 Å². The van der Waals surface area contributed by atoms with E-state index in [1.54, 1.807) is 23.5 Å². The summed E-state index contributed by atoms with van der Waals surface area (Å²) in [6, 6.07) is 20.7. The molecule has 0 amide bonds. The third-order valence-corrected chi connectivity index (χ3v) is 9.43. The number of methoxy groups -OCH3 is 1. The number of rotatable bonds is 5. The largest absolute Gasteiger partial charge is 0.497 e. The van der Waals surface area contributed by atoms with Crippen molar-refractivity contribution < 1.29 is 18.3 Å². The van der Waals surface area contributed by atoms with Gasteiger partial charge in [0.05, 0.1) is 30.7 Å². The molecule has 7 heteroatoms.